The van der Waals surface area contributed by atoms with Crippen molar-refractivity contribution in [3.05, 3.63) is 59.7 Å². The maximum atomic E-state index is 9.82. The molecule has 0 atom stereocenters. The molecule has 2 nitrogen and oxygen atoms in total. The number of rotatable bonds is 4. The van der Waals surface area contributed by atoms with Gasteiger partial charge in [0, 0.05) is 6.07 Å². The van der Waals surface area contributed by atoms with E-state index in [0.29, 0.717) is 11.5 Å². The van der Waals surface area contributed by atoms with Gasteiger partial charge in [0.25, 0.3) is 0 Å². The molecule has 88 valence electrons. The molecule has 0 aromatic heterocycles. The topological polar surface area (TPSA) is 29.5 Å². The molecule has 17 heavy (non-hydrogen) atoms. The zero-order valence-electron chi connectivity index (χ0n) is 9.89. The first-order valence-corrected chi connectivity index (χ1v) is 5.69. The molecule has 2 heteroatoms. The van der Waals surface area contributed by atoms with Gasteiger partial charge < -0.3 is 9.84 Å². The number of hydrogen-bond donors (Lipinski definition) is 1. The van der Waals surface area contributed by atoms with E-state index in [-0.39, 0.29) is 0 Å². The van der Waals surface area contributed by atoms with Gasteiger partial charge in [0.1, 0.15) is 11.5 Å². The van der Waals surface area contributed by atoms with Gasteiger partial charge in [0.05, 0.1) is 7.11 Å². The molecule has 0 unspecified atom stereocenters. The Morgan fingerprint density at radius 2 is 1.76 bits per heavy atom. The van der Waals surface area contributed by atoms with E-state index in [1.165, 1.54) is 5.56 Å². The molecule has 0 radical (unpaired) electrons. The molecule has 0 spiro atoms. The van der Waals surface area contributed by atoms with Crippen LogP contribution in [0.1, 0.15) is 11.1 Å². The standard InChI is InChI=1S/C15H16O2/c1-17-14-10-9-13(15(16)11-14)8-7-12-5-3-2-4-6-12/h2-6,9-11,16H,7-8H2,1H3. The molecule has 2 aromatic rings. The fourth-order valence-corrected chi connectivity index (χ4v) is 1.81. The lowest BCUT2D eigenvalue weighted by molar-refractivity contribution is 0.406. The van der Waals surface area contributed by atoms with Crippen LogP contribution in [0, 0.1) is 0 Å². The van der Waals surface area contributed by atoms with Gasteiger partial charge in [-0.2, -0.15) is 0 Å². The fraction of sp³-hybridized carbons (Fsp3) is 0.200. The minimum atomic E-state index is 0.306. The maximum absolute atomic E-state index is 9.82. The van der Waals surface area contributed by atoms with Crippen molar-refractivity contribution < 1.29 is 9.84 Å². The molecule has 0 fully saturated rings. The number of ether oxygens (including phenoxy) is 1. The van der Waals surface area contributed by atoms with Crippen molar-refractivity contribution in [2.45, 2.75) is 12.8 Å². The molecule has 1 N–H and O–H groups in total. The van der Waals surface area contributed by atoms with E-state index >= 15 is 0 Å². The summed E-state index contributed by atoms with van der Waals surface area (Å²) in [6, 6.07) is 15.7. The highest BCUT2D eigenvalue weighted by Gasteiger charge is 2.03. The zero-order chi connectivity index (χ0) is 12.1. The highest BCUT2D eigenvalue weighted by molar-refractivity contribution is 5.40. The first-order chi connectivity index (χ1) is 8.29. The van der Waals surface area contributed by atoms with E-state index in [4.69, 9.17) is 4.74 Å². The van der Waals surface area contributed by atoms with E-state index in [2.05, 4.69) is 12.1 Å². The minimum Gasteiger partial charge on any atom is -0.508 e. The van der Waals surface area contributed by atoms with Gasteiger partial charge in [-0.3, -0.25) is 0 Å². The van der Waals surface area contributed by atoms with Crippen LogP contribution in [0.15, 0.2) is 48.5 Å². The summed E-state index contributed by atoms with van der Waals surface area (Å²) in [7, 11) is 1.60. The van der Waals surface area contributed by atoms with Gasteiger partial charge in [0.2, 0.25) is 0 Å². The molecule has 0 saturated heterocycles. The lowest BCUT2D eigenvalue weighted by atomic mass is 10.0. The van der Waals surface area contributed by atoms with Crippen molar-refractivity contribution in [3.63, 3.8) is 0 Å². The van der Waals surface area contributed by atoms with E-state index in [1.807, 2.05) is 30.3 Å². The summed E-state index contributed by atoms with van der Waals surface area (Å²) >= 11 is 0. The third-order valence-corrected chi connectivity index (χ3v) is 2.82. The second kappa shape index (κ2) is 5.39. The highest BCUT2D eigenvalue weighted by atomic mass is 16.5. The number of phenolic OH excluding ortho intramolecular Hbond substituents is 1. The van der Waals surface area contributed by atoms with Crippen LogP contribution in [-0.4, -0.2) is 12.2 Å². The van der Waals surface area contributed by atoms with Gasteiger partial charge in [-0.15, -0.1) is 0 Å². The molecule has 0 amide bonds. The fourth-order valence-electron chi connectivity index (χ4n) is 1.81. The van der Waals surface area contributed by atoms with E-state index in [0.717, 1.165) is 18.4 Å². The van der Waals surface area contributed by atoms with Crippen LogP contribution in [0.2, 0.25) is 0 Å². The molecule has 2 rings (SSSR count). The second-order valence-corrected chi connectivity index (χ2v) is 3.98. The van der Waals surface area contributed by atoms with Crippen molar-refractivity contribution in [3.8, 4) is 11.5 Å². The molecular weight excluding hydrogens is 212 g/mol. The molecule has 2 aromatic carbocycles. The highest BCUT2D eigenvalue weighted by Crippen LogP contribution is 2.24. The Hall–Kier alpha value is -1.96. The molecule has 0 saturated carbocycles. The van der Waals surface area contributed by atoms with Crippen LogP contribution in [0.25, 0.3) is 0 Å². The zero-order valence-corrected chi connectivity index (χ0v) is 9.89. The summed E-state index contributed by atoms with van der Waals surface area (Å²) in [5.74, 6) is 0.992. The Morgan fingerprint density at radius 3 is 2.41 bits per heavy atom. The van der Waals surface area contributed by atoms with Crippen LogP contribution in [0.4, 0.5) is 0 Å². The third-order valence-electron chi connectivity index (χ3n) is 2.82. The monoisotopic (exact) mass is 228 g/mol. The Labute approximate surface area is 101 Å². The second-order valence-electron chi connectivity index (χ2n) is 3.98. The molecule has 0 aliphatic rings. The van der Waals surface area contributed by atoms with Gasteiger partial charge in [-0.1, -0.05) is 36.4 Å². The Bertz CT molecular complexity index is 478. The smallest absolute Gasteiger partial charge is 0.122 e. The molecule has 0 heterocycles. The summed E-state index contributed by atoms with van der Waals surface area (Å²) < 4.78 is 5.05. The maximum Gasteiger partial charge on any atom is 0.122 e. The quantitative estimate of drug-likeness (QED) is 0.870. The van der Waals surface area contributed by atoms with Crippen molar-refractivity contribution in [2.24, 2.45) is 0 Å². The SMILES string of the molecule is COc1ccc(CCc2ccccc2)c(O)c1. The van der Waals surface area contributed by atoms with Crippen LogP contribution in [0.3, 0.4) is 0 Å². The summed E-state index contributed by atoms with van der Waals surface area (Å²) in [6.07, 6.45) is 1.76. The van der Waals surface area contributed by atoms with Crippen LogP contribution in [0.5, 0.6) is 11.5 Å². The third kappa shape index (κ3) is 3.00. The van der Waals surface area contributed by atoms with E-state index in [9.17, 15) is 5.11 Å². The van der Waals surface area contributed by atoms with E-state index < -0.39 is 0 Å². The molecule has 0 bridgehead atoms. The van der Waals surface area contributed by atoms with Gasteiger partial charge >= 0.3 is 0 Å². The van der Waals surface area contributed by atoms with E-state index in [1.54, 1.807) is 13.2 Å². The van der Waals surface area contributed by atoms with Crippen molar-refractivity contribution in [2.75, 3.05) is 7.11 Å². The number of benzene rings is 2. The summed E-state index contributed by atoms with van der Waals surface area (Å²) in [6.45, 7) is 0. The average Bonchev–Trinajstić information content (AvgIpc) is 2.38. The van der Waals surface area contributed by atoms with Crippen LogP contribution in [-0.2, 0) is 12.8 Å². The number of aryl methyl sites for hydroxylation is 2. The van der Waals surface area contributed by atoms with Crippen molar-refractivity contribution in [1.82, 2.24) is 0 Å². The van der Waals surface area contributed by atoms with Gasteiger partial charge in [-0.25, -0.2) is 0 Å². The largest absolute Gasteiger partial charge is 0.508 e. The lowest BCUT2D eigenvalue weighted by Crippen LogP contribution is -1.92. The molecule has 0 aliphatic heterocycles. The molecule has 0 aliphatic carbocycles. The van der Waals surface area contributed by atoms with Crippen LogP contribution < -0.4 is 4.74 Å². The summed E-state index contributed by atoms with van der Waals surface area (Å²) in [4.78, 5) is 0. The lowest BCUT2D eigenvalue weighted by Gasteiger charge is -2.06. The number of phenols is 1. The number of methoxy groups -OCH3 is 1. The van der Waals surface area contributed by atoms with Gasteiger partial charge in [0.15, 0.2) is 0 Å². The number of aromatic hydroxyl groups is 1. The van der Waals surface area contributed by atoms with Crippen molar-refractivity contribution in [1.29, 1.82) is 0 Å². The summed E-state index contributed by atoms with van der Waals surface area (Å²) in [5.41, 5.74) is 2.23. The van der Waals surface area contributed by atoms with Crippen molar-refractivity contribution >= 4 is 0 Å². The number of hydrogen-bond acceptors (Lipinski definition) is 2. The predicted octanol–water partition coefficient (Wildman–Crippen LogP) is 3.19. The normalized spacial score (nSPS) is 10.2. The minimum absolute atomic E-state index is 0.306. The van der Waals surface area contributed by atoms with Crippen LogP contribution >= 0.6 is 0 Å². The Morgan fingerprint density at radius 1 is 1.00 bits per heavy atom. The molecular formula is C15H16O2. The predicted molar refractivity (Wildman–Crippen MR) is 68.5 cm³/mol. The Kier molecular flexibility index (Phi) is 3.66. The summed E-state index contributed by atoms with van der Waals surface area (Å²) in [5, 5.41) is 9.82. The average molecular weight is 228 g/mol. The first-order valence-electron chi connectivity index (χ1n) is 5.69. The first kappa shape index (κ1) is 11.5. The Balaban J connectivity index is 2.04. The van der Waals surface area contributed by atoms with Gasteiger partial charge in [-0.05, 0) is 30.0 Å².